The molecule has 2 N–H and O–H groups in total. The number of hydrogen-bond donors (Lipinski definition) is 1. The third kappa shape index (κ3) is 4.59. The van der Waals surface area contributed by atoms with E-state index < -0.39 is 6.09 Å². The number of allylic oxidation sites excluding steroid dienone is 1. The number of primary amides is 1. The number of carbonyl (C=O) groups excluding carboxylic acids is 1. The van der Waals surface area contributed by atoms with E-state index >= 15 is 0 Å². The molecule has 1 amide bonds. The molecular weight excluding hydrogens is 218 g/mol. The van der Waals surface area contributed by atoms with Crippen LogP contribution in [0.25, 0.3) is 5.57 Å². The van der Waals surface area contributed by atoms with Crippen molar-refractivity contribution in [1.82, 2.24) is 0 Å². The first-order valence-corrected chi connectivity index (χ1v) is 5.34. The van der Waals surface area contributed by atoms with Gasteiger partial charge in [-0.25, -0.2) is 4.79 Å². The normalized spacial score (nSPS) is 11.6. The molecule has 0 bridgehead atoms. The van der Waals surface area contributed by atoms with Crippen LogP contribution < -0.4 is 10.5 Å². The molecule has 17 heavy (non-hydrogen) atoms. The maximum Gasteiger partial charge on any atom is 0.404 e. The highest BCUT2D eigenvalue weighted by Gasteiger charge is 2.07. The van der Waals surface area contributed by atoms with Crippen LogP contribution in [0.5, 0.6) is 5.75 Å². The molecule has 0 aliphatic heterocycles. The zero-order valence-corrected chi connectivity index (χ0v) is 10.1. The van der Waals surface area contributed by atoms with Crippen molar-refractivity contribution in [3.8, 4) is 5.75 Å². The van der Waals surface area contributed by atoms with Gasteiger partial charge in [-0.2, -0.15) is 0 Å². The molecule has 1 rings (SSSR count). The van der Waals surface area contributed by atoms with Crippen molar-refractivity contribution in [1.29, 1.82) is 0 Å². The Morgan fingerprint density at radius 3 is 2.82 bits per heavy atom. The second kappa shape index (κ2) is 5.94. The van der Waals surface area contributed by atoms with Gasteiger partial charge in [-0.1, -0.05) is 24.3 Å². The van der Waals surface area contributed by atoms with Crippen LogP contribution in [0.15, 0.2) is 30.8 Å². The SMILES string of the molecule is C=C(C)c1cccc(OCC(C)OC(N)=O)c1. The fourth-order valence-electron chi connectivity index (χ4n) is 1.30. The van der Waals surface area contributed by atoms with Gasteiger partial charge in [-0.05, 0) is 31.5 Å². The lowest BCUT2D eigenvalue weighted by Gasteiger charge is -2.13. The van der Waals surface area contributed by atoms with Crippen molar-refractivity contribution in [2.24, 2.45) is 5.73 Å². The molecule has 1 aromatic carbocycles. The predicted molar refractivity (Wildman–Crippen MR) is 66.8 cm³/mol. The lowest BCUT2D eigenvalue weighted by molar-refractivity contribution is 0.0823. The minimum atomic E-state index is -0.795. The summed E-state index contributed by atoms with van der Waals surface area (Å²) in [4.78, 5) is 10.5. The van der Waals surface area contributed by atoms with Crippen LogP contribution in [0.4, 0.5) is 4.79 Å². The minimum absolute atomic E-state index is 0.266. The highest BCUT2D eigenvalue weighted by Crippen LogP contribution is 2.18. The van der Waals surface area contributed by atoms with E-state index in [1.807, 2.05) is 31.2 Å². The first kappa shape index (κ1) is 13.1. The fraction of sp³-hybridized carbons (Fsp3) is 0.308. The Morgan fingerprint density at radius 2 is 2.24 bits per heavy atom. The third-order valence-corrected chi connectivity index (χ3v) is 2.13. The number of benzene rings is 1. The van der Waals surface area contributed by atoms with Crippen molar-refractivity contribution >= 4 is 11.7 Å². The maximum absolute atomic E-state index is 10.5. The number of carbonyl (C=O) groups is 1. The van der Waals surface area contributed by atoms with Crippen LogP contribution in [0.2, 0.25) is 0 Å². The summed E-state index contributed by atoms with van der Waals surface area (Å²) < 4.78 is 10.2. The molecule has 4 nitrogen and oxygen atoms in total. The highest BCUT2D eigenvalue weighted by molar-refractivity contribution is 5.64. The van der Waals surface area contributed by atoms with E-state index in [-0.39, 0.29) is 12.7 Å². The molecule has 92 valence electrons. The van der Waals surface area contributed by atoms with Gasteiger partial charge in [0.25, 0.3) is 0 Å². The van der Waals surface area contributed by atoms with Crippen LogP contribution in [0.1, 0.15) is 19.4 Å². The first-order chi connectivity index (χ1) is 7.99. The van der Waals surface area contributed by atoms with E-state index in [9.17, 15) is 4.79 Å². The van der Waals surface area contributed by atoms with Gasteiger partial charge in [0.1, 0.15) is 18.5 Å². The van der Waals surface area contributed by atoms with Gasteiger partial charge >= 0.3 is 6.09 Å². The number of ether oxygens (including phenoxy) is 2. The Bertz CT molecular complexity index is 415. The standard InChI is InChI=1S/C13H17NO3/c1-9(2)11-5-4-6-12(7-11)16-8-10(3)17-13(14)15/h4-7,10H,1,8H2,2-3H3,(H2,14,15). The van der Waals surface area contributed by atoms with Gasteiger partial charge < -0.3 is 15.2 Å². The lowest BCUT2D eigenvalue weighted by Crippen LogP contribution is -2.25. The van der Waals surface area contributed by atoms with Crippen LogP contribution in [0, 0.1) is 0 Å². The molecule has 0 heterocycles. The molecule has 0 radical (unpaired) electrons. The maximum atomic E-state index is 10.5. The third-order valence-electron chi connectivity index (χ3n) is 2.13. The molecule has 0 aromatic heterocycles. The van der Waals surface area contributed by atoms with Gasteiger partial charge in [-0.3, -0.25) is 0 Å². The Hall–Kier alpha value is -1.97. The number of amides is 1. The summed E-state index contributed by atoms with van der Waals surface area (Å²) in [5.74, 6) is 0.713. The van der Waals surface area contributed by atoms with Crippen molar-refractivity contribution in [3.63, 3.8) is 0 Å². The van der Waals surface area contributed by atoms with Gasteiger partial charge in [0.2, 0.25) is 0 Å². The van der Waals surface area contributed by atoms with Crippen molar-refractivity contribution < 1.29 is 14.3 Å². The van der Waals surface area contributed by atoms with E-state index in [0.29, 0.717) is 5.75 Å². The second-order valence-corrected chi connectivity index (χ2v) is 3.87. The molecule has 1 unspecified atom stereocenters. The highest BCUT2D eigenvalue weighted by atomic mass is 16.6. The molecule has 0 aliphatic carbocycles. The lowest BCUT2D eigenvalue weighted by atomic mass is 10.1. The van der Waals surface area contributed by atoms with Gasteiger partial charge in [0.05, 0.1) is 0 Å². The molecular formula is C13H17NO3. The summed E-state index contributed by atoms with van der Waals surface area (Å²) in [6.45, 7) is 7.77. The summed E-state index contributed by atoms with van der Waals surface area (Å²) in [6.07, 6.45) is -1.17. The van der Waals surface area contributed by atoms with E-state index in [1.165, 1.54) is 0 Å². The van der Waals surface area contributed by atoms with Crippen LogP contribution in [-0.2, 0) is 4.74 Å². The van der Waals surface area contributed by atoms with E-state index in [0.717, 1.165) is 11.1 Å². The molecule has 0 saturated carbocycles. The summed E-state index contributed by atoms with van der Waals surface area (Å²) in [5, 5.41) is 0. The van der Waals surface area contributed by atoms with Crippen molar-refractivity contribution in [2.45, 2.75) is 20.0 Å². The van der Waals surface area contributed by atoms with Crippen LogP contribution in [0.3, 0.4) is 0 Å². The monoisotopic (exact) mass is 235 g/mol. The quantitative estimate of drug-likeness (QED) is 0.853. The Morgan fingerprint density at radius 1 is 1.53 bits per heavy atom. The molecule has 4 heteroatoms. The Kier molecular flexibility index (Phi) is 4.57. The zero-order chi connectivity index (χ0) is 12.8. The average Bonchev–Trinajstić information content (AvgIpc) is 2.26. The largest absolute Gasteiger partial charge is 0.490 e. The molecule has 0 aliphatic rings. The predicted octanol–water partition coefficient (Wildman–Crippen LogP) is 2.58. The van der Waals surface area contributed by atoms with E-state index in [2.05, 4.69) is 6.58 Å². The number of rotatable bonds is 5. The van der Waals surface area contributed by atoms with Crippen LogP contribution >= 0.6 is 0 Å². The Labute approximate surface area is 101 Å². The molecule has 1 aromatic rings. The topological polar surface area (TPSA) is 61.6 Å². The molecule has 0 fully saturated rings. The smallest absolute Gasteiger partial charge is 0.404 e. The van der Waals surface area contributed by atoms with E-state index in [1.54, 1.807) is 6.92 Å². The van der Waals surface area contributed by atoms with E-state index in [4.69, 9.17) is 15.2 Å². The van der Waals surface area contributed by atoms with Gasteiger partial charge in [-0.15, -0.1) is 0 Å². The summed E-state index contributed by atoms with van der Waals surface area (Å²) >= 11 is 0. The van der Waals surface area contributed by atoms with Crippen molar-refractivity contribution in [3.05, 3.63) is 36.4 Å². The van der Waals surface area contributed by atoms with Gasteiger partial charge in [0.15, 0.2) is 0 Å². The molecule has 0 saturated heterocycles. The Balaban J connectivity index is 2.54. The molecule has 0 spiro atoms. The second-order valence-electron chi connectivity index (χ2n) is 3.87. The minimum Gasteiger partial charge on any atom is -0.490 e. The summed E-state index contributed by atoms with van der Waals surface area (Å²) in [7, 11) is 0. The number of nitrogens with two attached hydrogens (primary N) is 1. The summed E-state index contributed by atoms with van der Waals surface area (Å²) in [5.41, 5.74) is 6.89. The molecule has 1 atom stereocenters. The average molecular weight is 235 g/mol. The van der Waals surface area contributed by atoms with Crippen molar-refractivity contribution in [2.75, 3.05) is 6.61 Å². The number of hydrogen-bond acceptors (Lipinski definition) is 3. The van der Waals surface area contributed by atoms with Crippen LogP contribution in [-0.4, -0.2) is 18.8 Å². The zero-order valence-electron chi connectivity index (χ0n) is 10.1. The fourth-order valence-corrected chi connectivity index (χ4v) is 1.30. The first-order valence-electron chi connectivity index (χ1n) is 5.34. The van der Waals surface area contributed by atoms with Gasteiger partial charge in [0, 0.05) is 0 Å². The summed E-state index contributed by atoms with van der Waals surface area (Å²) in [6, 6.07) is 7.57.